The minimum Gasteiger partial charge on any atom is -0.465 e. The topological polar surface area (TPSA) is 64.3 Å². The van der Waals surface area contributed by atoms with Crippen molar-refractivity contribution in [1.82, 2.24) is 5.32 Å². The van der Waals surface area contributed by atoms with Crippen LogP contribution in [0.3, 0.4) is 0 Å². The second-order valence-corrected chi connectivity index (χ2v) is 4.87. The molecule has 0 spiro atoms. The predicted molar refractivity (Wildman–Crippen MR) is 89.0 cm³/mol. The van der Waals surface area contributed by atoms with E-state index in [-0.39, 0.29) is 24.1 Å². The van der Waals surface area contributed by atoms with E-state index in [0.29, 0.717) is 19.7 Å². The van der Waals surface area contributed by atoms with Gasteiger partial charge in [0.2, 0.25) is 0 Å². The Bertz CT molecular complexity index is 601. The lowest BCUT2D eigenvalue weighted by Gasteiger charge is -2.04. The van der Waals surface area contributed by atoms with Crippen molar-refractivity contribution in [2.75, 3.05) is 13.2 Å². The van der Waals surface area contributed by atoms with Crippen LogP contribution in [0.2, 0.25) is 0 Å². The predicted octanol–water partition coefficient (Wildman–Crippen LogP) is 2.76. The minimum atomic E-state index is -0.278. The van der Waals surface area contributed by atoms with E-state index in [4.69, 9.17) is 10.5 Å². The first-order valence-corrected chi connectivity index (χ1v) is 7.60. The van der Waals surface area contributed by atoms with Gasteiger partial charge < -0.3 is 15.8 Å². The van der Waals surface area contributed by atoms with E-state index in [1.165, 1.54) is 24.3 Å². The van der Waals surface area contributed by atoms with Crippen molar-refractivity contribution in [3.05, 3.63) is 71.3 Å². The van der Waals surface area contributed by atoms with E-state index in [2.05, 4.69) is 5.32 Å². The molecule has 0 bridgehead atoms. The number of carbonyl (C=O) groups is 1. The first-order valence-electron chi connectivity index (χ1n) is 7.60. The maximum Gasteiger partial charge on any atom is 0.319 e. The van der Waals surface area contributed by atoms with Crippen molar-refractivity contribution in [2.45, 2.75) is 20.0 Å². The van der Waals surface area contributed by atoms with Crippen LogP contribution in [-0.4, -0.2) is 19.1 Å². The Kier molecular flexibility index (Phi) is 9.26. The summed E-state index contributed by atoms with van der Waals surface area (Å²) in [7, 11) is 0. The molecule has 0 saturated carbocycles. The monoisotopic (exact) mass is 336 g/mol. The van der Waals surface area contributed by atoms with Crippen LogP contribution in [0, 0.1) is 11.6 Å². The molecule has 0 heterocycles. The van der Waals surface area contributed by atoms with Crippen molar-refractivity contribution < 1.29 is 18.3 Å². The van der Waals surface area contributed by atoms with Gasteiger partial charge in [-0.05, 0) is 42.3 Å². The molecule has 6 heteroatoms. The number of benzene rings is 2. The average Bonchev–Trinajstić information content (AvgIpc) is 2.58. The Labute approximate surface area is 140 Å². The molecular weight excluding hydrogens is 314 g/mol. The fraction of sp³-hybridized carbons (Fsp3) is 0.278. The summed E-state index contributed by atoms with van der Waals surface area (Å²) in [5.41, 5.74) is 7.16. The molecule has 2 aromatic rings. The normalized spacial score (nSPS) is 9.83. The standard InChI is InChI=1S/C11H14FNO2.C7H8FN/c1-2-15-11(14)8-13-7-9-3-5-10(12)6-4-9;8-7-3-1-6(5-9)2-4-7/h3-6,13H,2,7-8H2,1H3;1-4H,5,9H2. The zero-order valence-electron chi connectivity index (χ0n) is 13.6. The van der Waals surface area contributed by atoms with Crippen LogP contribution in [-0.2, 0) is 22.6 Å². The van der Waals surface area contributed by atoms with E-state index >= 15 is 0 Å². The van der Waals surface area contributed by atoms with Crippen LogP contribution in [0.4, 0.5) is 8.78 Å². The molecule has 0 fully saturated rings. The molecule has 130 valence electrons. The number of ether oxygens (including phenoxy) is 1. The molecule has 0 aliphatic carbocycles. The lowest BCUT2D eigenvalue weighted by Crippen LogP contribution is -2.24. The van der Waals surface area contributed by atoms with Gasteiger partial charge in [0.1, 0.15) is 11.6 Å². The van der Waals surface area contributed by atoms with Crippen LogP contribution in [0.15, 0.2) is 48.5 Å². The van der Waals surface area contributed by atoms with E-state index in [1.54, 1.807) is 31.2 Å². The molecule has 3 N–H and O–H groups in total. The quantitative estimate of drug-likeness (QED) is 0.796. The third-order valence-corrected chi connectivity index (χ3v) is 2.97. The van der Waals surface area contributed by atoms with E-state index in [0.717, 1.165) is 11.1 Å². The molecular formula is C18H22F2N2O2. The molecule has 0 saturated heterocycles. The highest BCUT2D eigenvalue weighted by molar-refractivity contribution is 5.71. The lowest BCUT2D eigenvalue weighted by atomic mass is 10.2. The third-order valence-electron chi connectivity index (χ3n) is 2.97. The van der Waals surface area contributed by atoms with Gasteiger partial charge in [0.25, 0.3) is 0 Å². The highest BCUT2D eigenvalue weighted by atomic mass is 19.1. The van der Waals surface area contributed by atoms with Crippen molar-refractivity contribution >= 4 is 5.97 Å². The largest absolute Gasteiger partial charge is 0.465 e. The Balaban J connectivity index is 0.000000272. The number of carbonyl (C=O) groups excluding carboxylic acids is 1. The Morgan fingerprint density at radius 1 is 1.00 bits per heavy atom. The van der Waals surface area contributed by atoms with Gasteiger partial charge in [-0.15, -0.1) is 0 Å². The van der Waals surface area contributed by atoms with Gasteiger partial charge in [-0.1, -0.05) is 24.3 Å². The minimum absolute atomic E-state index is 0.172. The van der Waals surface area contributed by atoms with Crippen LogP contribution >= 0.6 is 0 Å². The molecule has 0 amide bonds. The smallest absolute Gasteiger partial charge is 0.319 e. The second kappa shape index (κ2) is 11.3. The Morgan fingerprint density at radius 2 is 1.50 bits per heavy atom. The maximum absolute atomic E-state index is 12.5. The molecule has 0 radical (unpaired) electrons. The maximum atomic E-state index is 12.5. The summed E-state index contributed by atoms with van der Waals surface area (Å²) in [5, 5.41) is 2.91. The molecule has 2 aromatic carbocycles. The fourth-order valence-electron chi connectivity index (χ4n) is 1.74. The first-order chi connectivity index (χ1) is 11.5. The summed E-state index contributed by atoms with van der Waals surface area (Å²) < 4.78 is 29.5. The van der Waals surface area contributed by atoms with Gasteiger partial charge in [0.05, 0.1) is 13.2 Å². The molecule has 4 nitrogen and oxygen atoms in total. The average molecular weight is 336 g/mol. The molecule has 24 heavy (non-hydrogen) atoms. The van der Waals surface area contributed by atoms with Crippen LogP contribution < -0.4 is 11.1 Å². The second-order valence-electron chi connectivity index (χ2n) is 4.87. The molecule has 0 atom stereocenters. The van der Waals surface area contributed by atoms with Crippen molar-refractivity contribution in [2.24, 2.45) is 5.73 Å². The zero-order chi connectivity index (χ0) is 17.8. The fourth-order valence-corrected chi connectivity index (χ4v) is 1.74. The summed E-state index contributed by atoms with van der Waals surface area (Å²) in [4.78, 5) is 10.9. The summed E-state index contributed by atoms with van der Waals surface area (Å²) in [6.45, 7) is 3.32. The summed E-state index contributed by atoms with van der Waals surface area (Å²) in [6, 6.07) is 12.3. The van der Waals surface area contributed by atoms with Crippen molar-refractivity contribution in [1.29, 1.82) is 0 Å². The third kappa shape index (κ3) is 8.36. The van der Waals surface area contributed by atoms with Crippen LogP contribution in [0.25, 0.3) is 0 Å². The van der Waals surface area contributed by atoms with Crippen molar-refractivity contribution in [3.8, 4) is 0 Å². The van der Waals surface area contributed by atoms with Gasteiger partial charge in [-0.3, -0.25) is 4.79 Å². The van der Waals surface area contributed by atoms with E-state index in [9.17, 15) is 13.6 Å². The van der Waals surface area contributed by atoms with Crippen LogP contribution in [0.5, 0.6) is 0 Å². The molecule has 0 unspecified atom stereocenters. The molecule has 2 rings (SSSR count). The van der Waals surface area contributed by atoms with E-state index in [1.807, 2.05) is 0 Å². The summed E-state index contributed by atoms with van der Waals surface area (Å²) in [6.07, 6.45) is 0. The lowest BCUT2D eigenvalue weighted by molar-refractivity contribution is -0.142. The van der Waals surface area contributed by atoms with Gasteiger partial charge in [0, 0.05) is 13.1 Å². The van der Waals surface area contributed by atoms with E-state index < -0.39 is 0 Å². The number of nitrogens with one attached hydrogen (secondary N) is 1. The Morgan fingerprint density at radius 3 is 1.96 bits per heavy atom. The first kappa shape index (κ1) is 19.7. The summed E-state index contributed by atoms with van der Waals surface area (Å²) >= 11 is 0. The highest BCUT2D eigenvalue weighted by Gasteiger charge is 2.00. The number of nitrogens with two attached hydrogens (primary N) is 1. The number of hydrogen-bond donors (Lipinski definition) is 2. The SMILES string of the molecule is CCOC(=O)CNCc1ccc(F)cc1.NCc1ccc(F)cc1. The van der Waals surface area contributed by atoms with Gasteiger partial charge in [-0.25, -0.2) is 8.78 Å². The van der Waals surface area contributed by atoms with Crippen molar-refractivity contribution in [3.63, 3.8) is 0 Å². The Hall–Kier alpha value is -2.31. The number of esters is 1. The molecule has 0 aromatic heterocycles. The number of halogens is 2. The summed E-state index contributed by atoms with van der Waals surface area (Å²) in [5.74, 6) is -0.754. The molecule has 0 aliphatic heterocycles. The van der Waals surface area contributed by atoms with Gasteiger partial charge in [-0.2, -0.15) is 0 Å². The number of rotatable bonds is 6. The zero-order valence-corrected chi connectivity index (χ0v) is 13.6. The van der Waals surface area contributed by atoms with Gasteiger partial charge in [0.15, 0.2) is 0 Å². The highest BCUT2D eigenvalue weighted by Crippen LogP contribution is 2.02. The number of hydrogen-bond acceptors (Lipinski definition) is 4. The molecule has 0 aliphatic rings. The van der Waals surface area contributed by atoms with Gasteiger partial charge >= 0.3 is 5.97 Å². The van der Waals surface area contributed by atoms with Crippen LogP contribution in [0.1, 0.15) is 18.1 Å².